The number of ether oxygens (including phenoxy) is 1. The highest BCUT2D eigenvalue weighted by Gasteiger charge is 2.45. The summed E-state index contributed by atoms with van der Waals surface area (Å²) in [6.45, 7) is 0. The van der Waals surface area contributed by atoms with E-state index < -0.39 is 11.6 Å². The van der Waals surface area contributed by atoms with Crippen LogP contribution in [0.25, 0.3) is 0 Å². The number of benzene rings is 1. The van der Waals surface area contributed by atoms with E-state index in [1.165, 1.54) is 13.2 Å². The number of hydrogen-bond acceptors (Lipinski definition) is 2. The van der Waals surface area contributed by atoms with Gasteiger partial charge in [0, 0.05) is 0 Å². The van der Waals surface area contributed by atoms with Gasteiger partial charge in [0.1, 0.15) is 0 Å². The number of carbonyl (C=O) groups excluding carboxylic acids is 1. The molecular weight excluding hydrogens is 202 g/mol. The Labute approximate surface area is 85.9 Å². The van der Waals surface area contributed by atoms with Crippen LogP contribution in [0.15, 0.2) is 18.2 Å². The maximum Gasteiger partial charge on any atom is 0.309 e. The zero-order chi connectivity index (χ0) is 11.0. The Bertz CT molecular complexity index is 404. The molecule has 80 valence electrons. The van der Waals surface area contributed by atoms with Crippen LogP contribution in [0.5, 0.6) is 0 Å². The Morgan fingerprint density at radius 3 is 2.73 bits per heavy atom. The molecule has 1 fully saturated rings. The fourth-order valence-electron chi connectivity index (χ4n) is 1.72. The van der Waals surface area contributed by atoms with Gasteiger partial charge in [0.05, 0.1) is 13.0 Å². The predicted molar refractivity (Wildman–Crippen MR) is 49.2 cm³/mol. The van der Waals surface area contributed by atoms with Gasteiger partial charge in [-0.3, -0.25) is 4.79 Å². The van der Waals surface area contributed by atoms with E-state index in [0.717, 1.165) is 12.1 Å². The lowest BCUT2D eigenvalue weighted by Gasteiger charge is -2.00. The molecule has 0 N–H and O–H groups in total. The van der Waals surface area contributed by atoms with Gasteiger partial charge in [0.25, 0.3) is 0 Å². The van der Waals surface area contributed by atoms with E-state index in [-0.39, 0.29) is 17.8 Å². The lowest BCUT2D eigenvalue weighted by molar-refractivity contribution is -0.142. The van der Waals surface area contributed by atoms with Gasteiger partial charge in [-0.2, -0.15) is 0 Å². The first-order valence-corrected chi connectivity index (χ1v) is 4.66. The molecule has 0 saturated heterocycles. The standard InChI is InChI=1S/C11H10F2O2/c1-15-11(14)8-5-7(8)6-2-3-9(12)10(13)4-6/h2-4,7-8H,5H2,1H3/t7-,8+/m1/s1. The molecule has 2 atom stereocenters. The van der Waals surface area contributed by atoms with E-state index in [4.69, 9.17) is 0 Å². The summed E-state index contributed by atoms with van der Waals surface area (Å²) in [5.74, 6) is -2.24. The molecule has 1 aromatic carbocycles. The van der Waals surface area contributed by atoms with Crippen LogP contribution in [-0.4, -0.2) is 13.1 Å². The van der Waals surface area contributed by atoms with Gasteiger partial charge in [-0.05, 0) is 30.0 Å². The molecule has 1 aliphatic carbocycles. The summed E-state index contributed by atoms with van der Waals surface area (Å²) in [6, 6.07) is 3.73. The number of esters is 1. The molecule has 2 nitrogen and oxygen atoms in total. The number of halogens is 2. The van der Waals surface area contributed by atoms with Gasteiger partial charge in [0.2, 0.25) is 0 Å². The van der Waals surface area contributed by atoms with Crippen molar-refractivity contribution < 1.29 is 18.3 Å². The van der Waals surface area contributed by atoms with Gasteiger partial charge in [0.15, 0.2) is 11.6 Å². The van der Waals surface area contributed by atoms with Crippen molar-refractivity contribution in [3.63, 3.8) is 0 Å². The Kier molecular flexibility index (Phi) is 2.42. The summed E-state index contributed by atoms with van der Waals surface area (Å²) in [4.78, 5) is 11.1. The van der Waals surface area contributed by atoms with Gasteiger partial charge in [-0.15, -0.1) is 0 Å². The Morgan fingerprint density at radius 1 is 1.40 bits per heavy atom. The predicted octanol–water partition coefficient (Wildman–Crippen LogP) is 2.24. The third kappa shape index (κ3) is 1.84. The topological polar surface area (TPSA) is 26.3 Å². The van der Waals surface area contributed by atoms with Crippen LogP contribution in [0.2, 0.25) is 0 Å². The minimum atomic E-state index is -0.872. The molecule has 0 unspecified atom stereocenters. The number of methoxy groups -OCH3 is 1. The van der Waals surface area contributed by atoms with Gasteiger partial charge in [-0.25, -0.2) is 8.78 Å². The molecule has 0 bridgehead atoms. The third-order valence-corrected chi connectivity index (χ3v) is 2.67. The van der Waals surface area contributed by atoms with Crippen molar-refractivity contribution in [1.82, 2.24) is 0 Å². The van der Waals surface area contributed by atoms with E-state index in [0.29, 0.717) is 12.0 Å². The van der Waals surface area contributed by atoms with Crippen molar-refractivity contribution in [2.75, 3.05) is 7.11 Å². The largest absolute Gasteiger partial charge is 0.469 e. The second kappa shape index (κ2) is 3.61. The molecule has 0 heterocycles. The maximum atomic E-state index is 12.9. The average molecular weight is 212 g/mol. The lowest BCUT2D eigenvalue weighted by atomic mass is 10.1. The monoisotopic (exact) mass is 212 g/mol. The Hall–Kier alpha value is -1.45. The second-order valence-corrected chi connectivity index (χ2v) is 3.65. The van der Waals surface area contributed by atoms with Crippen molar-refractivity contribution >= 4 is 5.97 Å². The van der Waals surface area contributed by atoms with Crippen LogP contribution in [0.3, 0.4) is 0 Å². The highest BCUT2D eigenvalue weighted by molar-refractivity contribution is 5.77. The molecule has 1 aromatic rings. The van der Waals surface area contributed by atoms with Crippen molar-refractivity contribution in [2.45, 2.75) is 12.3 Å². The van der Waals surface area contributed by atoms with Crippen LogP contribution in [0.1, 0.15) is 17.9 Å². The van der Waals surface area contributed by atoms with Crippen molar-refractivity contribution in [2.24, 2.45) is 5.92 Å². The summed E-state index contributed by atoms with van der Waals surface area (Å²) >= 11 is 0. The number of hydrogen-bond donors (Lipinski definition) is 0. The lowest BCUT2D eigenvalue weighted by Crippen LogP contribution is -2.04. The molecular formula is C11H10F2O2. The summed E-state index contributed by atoms with van der Waals surface area (Å²) in [5, 5.41) is 0. The molecule has 15 heavy (non-hydrogen) atoms. The summed E-state index contributed by atoms with van der Waals surface area (Å²) < 4.78 is 30.1. The highest BCUT2D eigenvalue weighted by atomic mass is 19.2. The molecule has 1 aliphatic rings. The molecule has 2 rings (SSSR count). The summed E-state index contributed by atoms with van der Waals surface area (Å²) in [7, 11) is 1.32. The van der Waals surface area contributed by atoms with E-state index in [9.17, 15) is 13.6 Å². The first-order valence-electron chi connectivity index (χ1n) is 4.66. The SMILES string of the molecule is COC(=O)[C@H]1C[C@@H]1c1ccc(F)c(F)c1. The average Bonchev–Trinajstić information content (AvgIpc) is 3.01. The van der Waals surface area contributed by atoms with Gasteiger partial charge in [-0.1, -0.05) is 6.07 Å². The zero-order valence-corrected chi connectivity index (χ0v) is 8.17. The Morgan fingerprint density at radius 2 is 2.13 bits per heavy atom. The molecule has 0 aliphatic heterocycles. The van der Waals surface area contributed by atoms with Crippen molar-refractivity contribution in [3.05, 3.63) is 35.4 Å². The molecule has 1 saturated carbocycles. The molecule has 4 heteroatoms. The van der Waals surface area contributed by atoms with Crippen LogP contribution in [-0.2, 0) is 9.53 Å². The van der Waals surface area contributed by atoms with Gasteiger partial charge >= 0.3 is 5.97 Å². The normalized spacial score (nSPS) is 23.7. The minimum absolute atomic E-state index is 0.0208. The van der Waals surface area contributed by atoms with Crippen molar-refractivity contribution in [3.8, 4) is 0 Å². The second-order valence-electron chi connectivity index (χ2n) is 3.65. The molecule has 0 spiro atoms. The van der Waals surface area contributed by atoms with E-state index in [1.54, 1.807) is 0 Å². The van der Waals surface area contributed by atoms with E-state index >= 15 is 0 Å². The van der Waals surface area contributed by atoms with E-state index in [2.05, 4.69) is 4.74 Å². The molecule has 0 amide bonds. The fraction of sp³-hybridized carbons (Fsp3) is 0.364. The molecule has 0 radical (unpaired) electrons. The minimum Gasteiger partial charge on any atom is -0.469 e. The van der Waals surface area contributed by atoms with Crippen LogP contribution in [0, 0.1) is 17.6 Å². The summed E-state index contributed by atoms with van der Waals surface area (Å²) in [6.07, 6.45) is 0.651. The smallest absolute Gasteiger partial charge is 0.309 e. The van der Waals surface area contributed by atoms with Crippen molar-refractivity contribution in [1.29, 1.82) is 0 Å². The van der Waals surface area contributed by atoms with Gasteiger partial charge < -0.3 is 4.74 Å². The Balaban J connectivity index is 2.13. The molecule has 0 aromatic heterocycles. The van der Waals surface area contributed by atoms with Crippen LogP contribution < -0.4 is 0 Å². The van der Waals surface area contributed by atoms with Crippen LogP contribution >= 0.6 is 0 Å². The highest BCUT2D eigenvalue weighted by Crippen LogP contribution is 2.48. The third-order valence-electron chi connectivity index (χ3n) is 2.67. The zero-order valence-electron chi connectivity index (χ0n) is 8.17. The van der Waals surface area contributed by atoms with Crippen LogP contribution in [0.4, 0.5) is 8.78 Å². The number of carbonyl (C=O) groups is 1. The first kappa shape index (κ1) is 10.1. The quantitative estimate of drug-likeness (QED) is 0.703. The maximum absolute atomic E-state index is 12.9. The first-order chi connectivity index (χ1) is 7.13. The number of rotatable bonds is 2. The van der Waals surface area contributed by atoms with E-state index in [1.807, 2.05) is 0 Å². The fourth-order valence-corrected chi connectivity index (χ4v) is 1.72. The summed E-state index contributed by atoms with van der Waals surface area (Å²) in [5.41, 5.74) is 0.657.